The topological polar surface area (TPSA) is 55.6 Å². The first-order valence-corrected chi connectivity index (χ1v) is 5.85. The zero-order valence-corrected chi connectivity index (χ0v) is 10.7. The highest BCUT2D eigenvalue weighted by atomic mass is 16.5. The lowest BCUT2D eigenvalue weighted by Crippen LogP contribution is -2.52. The van der Waals surface area contributed by atoms with Crippen molar-refractivity contribution in [1.82, 2.24) is 9.88 Å². The second-order valence-corrected chi connectivity index (χ2v) is 4.60. The average Bonchev–Trinajstić information content (AvgIpc) is 2.57. The maximum Gasteiger partial charge on any atom is 0.292 e. The van der Waals surface area contributed by atoms with Crippen LogP contribution in [-0.4, -0.2) is 41.1 Å². The molecule has 0 spiro atoms. The van der Waals surface area contributed by atoms with Crippen molar-refractivity contribution in [2.75, 3.05) is 13.2 Å². The van der Waals surface area contributed by atoms with Crippen molar-refractivity contribution in [2.24, 2.45) is 0 Å². The molecule has 1 fully saturated rings. The molecule has 1 aliphatic heterocycles. The van der Waals surface area contributed by atoms with Crippen LogP contribution in [0, 0.1) is 13.8 Å². The van der Waals surface area contributed by atoms with Crippen molar-refractivity contribution in [3.05, 3.63) is 17.3 Å². The molecule has 2 unspecified atom stereocenters. The van der Waals surface area contributed by atoms with Crippen molar-refractivity contribution < 1.29 is 13.9 Å². The number of rotatable bonds is 1. The van der Waals surface area contributed by atoms with Gasteiger partial charge in [0.1, 0.15) is 0 Å². The van der Waals surface area contributed by atoms with E-state index in [9.17, 15) is 4.79 Å². The van der Waals surface area contributed by atoms with Gasteiger partial charge in [-0.05, 0) is 20.8 Å². The summed E-state index contributed by atoms with van der Waals surface area (Å²) in [6, 6.07) is 0.132. The minimum absolute atomic E-state index is 0.0658. The molecule has 5 heteroatoms. The van der Waals surface area contributed by atoms with Gasteiger partial charge in [0.15, 0.2) is 5.89 Å². The molecule has 1 aliphatic rings. The maximum atomic E-state index is 12.4. The Hall–Kier alpha value is -1.36. The van der Waals surface area contributed by atoms with E-state index in [1.54, 1.807) is 13.8 Å². The van der Waals surface area contributed by atoms with Gasteiger partial charge in [-0.3, -0.25) is 4.79 Å². The van der Waals surface area contributed by atoms with Crippen LogP contribution in [0.15, 0.2) is 4.42 Å². The second-order valence-electron chi connectivity index (χ2n) is 4.60. The molecule has 0 radical (unpaired) electrons. The normalized spacial score (nSPS) is 25.1. The highest BCUT2D eigenvalue weighted by Gasteiger charge is 2.33. The van der Waals surface area contributed by atoms with E-state index in [1.165, 1.54) is 0 Å². The van der Waals surface area contributed by atoms with Gasteiger partial charge in [-0.1, -0.05) is 0 Å². The number of oxazole rings is 1. The second kappa shape index (κ2) is 4.49. The minimum Gasteiger partial charge on any atom is -0.436 e. The molecule has 2 heterocycles. The zero-order chi connectivity index (χ0) is 12.6. The first-order chi connectivity index (χ1) is 8.00. The average molecular weight is 238 g/mol. The molecule has 0 aliphatic carbocycles. The Balaban J connectivity index is 2.27. The van der Waals surface area contributed by atoms with Gasteiger partial charge >= 0.3 is 0 Å². The molecule has 0 N–H and O–H groups in total. The third kappa shape index (κ3) is 2.20. The molecule has 1 aromatic heterocycles. The predicted octanol–water partition coefficient (Wildman–Crippen LogP) is 1.54. The molecule has 0 aromatic carbocycles. The Kier molecular flexibility index (Phi) is 3.19. The molecule has 0 saturated carbocycles. The summed E-state index contributed by atoms with van der Waals surface area (Å²) in [5.74, 6) is 0.786. The van der Waals surface area contributed by atoms with Crippen molar-refractivity contribution in [3.63, 3.8) is 0 Å². The van der Waals surface area contributed by atoms with Crippen LogP contribution in [0.1, 0.15) is 36.0 Å². The van der Waals surface area contributed by atoms with Gasteiger partial charge in [0.05, 0.1) is 31.0 Å². The molecule has 0 bridgehead atoms. The van der Waals surface area contributed by atoms with Crippen LogP contribution in [0.2, 0.25) is 0 Å². The number of amides is 1. The third-order valence-electron chi connectivity index (χ3n) is 3.00. The van der Waals surface area contributed by atoms with Crippen LogP contribution in [0.25, 0.3) is 0 Å². The third-order valence-corrected chi connectivity index (χ3v) is 3.00. The summed E-state index contributed by atoms with van der Waals surface area (Å²) in [5.41, 5.74) is 0.651. The summed E-state index contributed by atoms with van der Waals surface area (Å²) in [6.45, 7) is 8.64. The van der Waals surface area contributed by atoms with Gasteiger partial charge in [-0.25, -0.2) is 4.98 Å². The molecule has 1 amide bonds. The van der Waals surface area contributed by atoms with Crippen LogP contribution in [0.3, 0.4) is 0 Å². The van der Waals surface area contributed by atoms with Gasteiger partial charge in [-0.15, -0.1) is 0 Å². The monoisotopic (exact) mass is 238 g/mol. The number of aryl methyl sites for hydroxylation is 2. The van der Waals surface area contributed by atoms with Crippen molar-refractivity contribution >= 4 is 5.91 Å². The number of aromatic nitrogens is 1. The largest absolute Gasteiger partial charge is 0.436 e. The Bertz CT molecular complexity index is 417. The van der Waals surface area contributed by atoms with Crippen LogP contribution < -0.4 is 0 Å². The number of morpholine rings is 1. The van der Waals surface area contributed by atoms with Gasteiger partial charge in [0.25, 0.3) is 5.91 Å². The molecule has 2 atom stereocenters. The van der Waals surface area contributed by atoms with Crippen molar-refractivity contribution in [2.45, 2.75) is 39.8 Å². The number of hydrogen-bond acceptors (Lipinski definition) is 4. The van der Waals surface area contributed by atoms with E-state index in [-0.39, 0.29) is 18.0 Å². The lowest BCUT2D eigenvalue weighted by atomic mass is 10.1. The predicted molar refractivity (Wildman–Crippen MR) is 61.9 cm³/mol. The minimum atomic E-state index is -0.0913. The van der Waals surface area contributed by atoms with Gasteiger partial charge in [0.2, 0.25) is 5.76 Å². The van der Waals surface area contributed by atoms with Gasteiger partial charge in [-0.2, -0.15) is 0 Å². The number of ether oxygens (including phenoxy) is 1. The molecule has 1 saturated heterocycles. The van der Waals surface area contributed by atoms with Crippen molar-refractivity contribution in [3.8, 4) is 0 Å². The Morgan fingerprint density at radius 1 is 1.29 bits per heavy atom. The number of carbonyl (C=O) groups excluding carboxylic acids is 1. The molecule has 1 aromatic rings. The van der Waals surface area contributed by atoms with Crippen LogP contribution in [0.5, 0.6) is 0 Å². The van der Waals surface area contributed by atoms with E-state index < -0.39 is 0 Å². The first kappa shape index (κ1) is 12.1. The summed E-state index contributed by atoms with van der Waals surface area (Å²) < 4.78 is 10.8. The SMILES string of the molecule is Cc1nc(C)c(C(=O)N2C(C)COCC2C)o1. The molecular formula is C12H18N2O3. The number of carbonyl (C=O) groups is 1. The van der Waals surface area contributed by atoms with Crippen LogP contribution >= 0.6 is 0 Å². The van der Waals surface area contributed by atoms with Gasteiger partial charge in [0, 0.05) is 6.92 Å². The molecular weight excluding hydrogens is 220 g/mol. The van der Waals surface area contributed by atoms with E-state index in [4.69, 9.17) is 9.15 Å². The van der Waals surface area contributed by atoms with E-state index in [0.29, 0.717) is 30.6 Å². The highest BCUT2D eigenvalue weighted by Crippen LogP contribution is 2.19. The summed E-state index contributed by atoms with van der Waals surface area (Å²) in [5, 5.41) is 0. The summed E-state index contributed by atoms with van der Waals surface area (Å²) >= 11 is 0. The van der Waals surface area contributed by atoms with Gasteiger partial charge < -0.3 is 14.1 Å². The summed E-state index contributed by atoms with van der Waals surface area (Å²) in [4.78, 5) is 18.3. The van der Waals surface area contributed by atoms with Crippen LogP contribution in [-0.2, 0) is 4.74 Å². The zero-order valence-electron chi connectivity index (χ0n) is 10.7. The molecule has 5 nitrogen and oxygen atoms in total. The maximum absolute atomic E-state index is 12.4. The fourth-order valence-corrected chi connectivity index (χ4v) is 2.25. The standard InChI is InChI=1S/C12H18N2O3/c1-7-5-16-6-8(2)14(7)12(15)11-9(3)13-10(4)17-11/h7-8H,5-6H2,1-4H3. The first-order valence-electron chi connectivity index (χ1n) is 5.85. The Labute approximate surface area is 101 Å². The molecule has 2 rings (SSSR count). The van der Waals surface area contributed by atoms with Crippen LogP contribution in [0.4, 0.5) is 0 Å². The number of nitrogens with zero attached hydrogens (tertiary/aromatic N) is 2. The highest BCUT2D eigenvalue weighted by molar-refractivity contribution is 5.93. The molecule has 17 heavy (non-hydrogen) atoms. The van der Waals surface area contributed by atoms with Crippen molar-refractivity contribution in [1.29, 1.82) is 0 Å². The Morgan fingerprint density at radius 2 is 1.88 bits per heavy atom. The number of hydrogen-bond donors (Lipinski definition) is 0. The van der Waals surface area contributed by atoms with E-state index in [1.807, 2.05) is 18.7 Å². The fraction of sp³-hybridized carbons (Fsp3) is 0.667. The summed E-state index contributed by atoms with van der Waals surface area (Å²) in [7, 11) is 0. The fourth-order valence-electron chi connectivity index (χ4n) is 2.25. The Morgan fingerprint density at radius 3 is 2.35 bits per heavy atom. The lowest BCUT2D eigenvalue weighted by molar-refractivity contribution is -0.0263. The quantitative estimate of drug-likeness (QED) is 0.744. The van der Waals surface area contributed by atoms with E-state index in [2.05, 4.69) is 4.98 Å². The summed E-state index contributed by atoms with van der Waals surface area (Å²) in [6.07, 6.45) is 0. The molecule has 94 valence electrons. The van der Waals surface area contributed by atoms with E-state index >= 15 is 0 Å². The van der Waals surface area contributed by atoms with E-state index in [0.717, 1.165) is 0 Å². The smallest absolute Gasteiger partial charge is 0.292 e. The lowest BCUT2D eigenvalue weighted by Gasteiger charge is -2.38.